The summed E-state index contributed by atoms with van der Waals surface area (Å²) in [6.07, 6.45) is -3.07. The van der Waals surface area contributed by atoms with E-state index in [-0.39, 0.29) is 6.61 Å². The number of hydrogen-bond acceptors (Lipinski definition) is 3. The van der Waals surface area contributed by atoms with Crippen LogP contribution < -0.4 is 0 Å². The van der Waals surface area contributed by atoms with Crippen molar-refractivity contribution in [1.29, 1.82) is 0 Å². The van der Waals surface area contributed by atoms with Gasteiger partial charge in [-0.05, 0) is 0 Å². The fraction of sp³-hybridized carbons (Fsp3) is 1.00. The summed E-state index contributed by atoms with van der Waals surface area (Å²) >= 11 is 0. The van der Waals surface area contributed by atoms with Gasteiger partial charge in [0.2, 0.25) is 0 Å². The number of nitrogens with zero attached hydrogens (tertiary/aromatic N) is 1. The molecule has 0 N–H and O–H groups in total. The fourth-order valence-electron chi connectivity index (χ4n) is 1.34. The Labute approximate surface area is 95.7 Å². The maximum Gasteiger partial charge on any atom is 0.360 e. The molecule has 0 bridgehead atoms. The van der Waals surface area contributed by atoms with Crippen LogP contribution in [0.4, 0.5) is 8.78 Å². The topological polar surface area (TPSA) is 21.7 Å². The lowest BCUT2D eigenvalue weighted by Gasteiger charge is -2.31. The van der Waals surface area contributed by atoms with Crippen molar-refractivity contribution in [2.45, 2.75) is 26.9 Å². The summed E-state index contributed by atoms with van der Waals surface area (Å²) in [6, 6.07) is 0. The Morgan fingerprint density at radius 1 is 1.19 bits per heavy atom. The second-order valence-corrected chi connectivity index (χ2v) is 5.07. The van der Waals surface area contributed by atoms with Gasteiger partial charge in [-0.25, -0.2) is 0 Å². The SMILES string of the molecule is CC(C)(C)C(F)(F)OCCN1CCOCC1. The summed E-state index contributed by atoms with van der Waals surface area (Å²) in [5, 5.41) is 0. The third-order valence-corrected chi connectivity index (χ3v) is 2.67. The quantitative estimate of drug-likeness (QED) is 0.746. The zero-order valence-corrected chi connectivity index (χ0v) is 10.3. The van der Waals surface area contributed by atoms with Crippen LogP contribution in [0.5, 0.6) is 0 Å². The minimum absolute atomic E-state index is 0.0598. The molecule has 1 rings (SSSR count). The summed E-state index contributed by atoms with van der Waals surface area (Å²) in [4.78, 5) is 2.07. The minimum atomic E-state index is -3.07. The van der Waals surface area contributed by atoms with Gasteiger partial charge in [-0.3, -0.25) is 4.90 Å². The number of ether oxygens (including phenoxy) is 2. The fourth-order valence-corrected chi connectivity index (χ4v) is 1.34. The molecule has 0 saturated carbocycles. The molecule has 96 valence electrons. The lowest BCUT2D eigenvalue weighted by atomic mass is 9.95. The lowest BCUT2D eigenvalue weighted by Crippen LogP contribution is -2.42. The average molecular weight is 237 g/mol. The number of morpholine rings is 1. The van der Waals surface area contributed by atoms with Crippen LogP contribution in [-0.2, 0) is 9.47 Å². The third kappa shape index (κ3) is 3.96. The van der Waals surface area contributed by atoms with Gasteiger partial charge >= 0.3 is 6.11 Å². The molecule has 3 nitrogen and oxygen atoms in total. The molecule has 1 aliphatic rings. The van der Waals surface area contributed by atoms with Gasteiger partial charge in [0.25, 0.3) is 0 Å². The first-order valence-corrected chi connectivity index (χ1v) is 5.65. The van der Waals surface area contributed by atoms with Crippen molar-refractivity contribution in [2.24, 2.45) is 5.41 Å². The summed E-state index contributed by atoms with van der Waals surface area (Å²) in [5.74, 6) is 0. The zero-order valence-electron chi connectivity index (χ0n) is 10.3. The number of halogens is 2. The molecule has 0 aromatic rings. The number of hydrogen-bond donors (Lipinski definition) is 0. The Morgan fingerprint density at radius 3 is 2.25 bits per heavy atom. The smallest absolute Gasteiger partial charge is 0.360 e. The molecule has 0 amide bonds. The van der Waals surface area contributed by atoms with Gasteiger partial charge in [-0.2, -0.15) is 8.78 Å². The average Bonchev–Trinajstić information content (AvgIpc) is 2.17. The highest BCUT2D eigenvalue weighted by Gasteiger charge is 2.44. The van der Waals surface area contributed by atoms with Gasteiger partial charge in [0.05, 0.1) is 25.2 Å². The van der Waals surface area contributed by atoms with E-state index in [0.717, 1.165) is 13.1 Å². The maximum absolute atomic E-state index is 13.4. The molecule has 0 unspecified atom stereocenters. The van der Waals surface area contributed by atoms with Crippen LogP contribution in [0.25, 0.3) is 0 Å². The number of rotatable bonds is 4. The van der Waals surface area contributed by atoms with E-state index >= 15 is 0 Å². The second kappa shape index (κ2) is 5.38. The summed E-state index contributed by atoms with van der Waals surface area (Å²) in [5.41, 5.74) is -1.15. The third-order valence-electron chi connectivity index (χ3n) is 2.67. The van der Waals surface area contributed by atoms with Crippen LogP contribution >= 0.6 is 0 Å². The van der Waals surface area contributed by atoms with Crippen LogP contribution in [0.15, 0.2) is 0 Å². The molecule has 0 aliphatic carbocycles. The van der Waals surface area contributed by atoms with E-state index in [0.29, 0.717) is 19.8 Å². The summed E-state index contributed by atoms with van der Waals surface area (Å²) in [7, 11) is 0. The maximum atomic E-state index is 13.4. The van der Waals surface area contributed by atoms with Crippen molar-refractivity contribution in [1.82, 2.24) is 4.90 Å². The van der Waals surface area contributed by atoms with Gasteiger partial charge in [0.1, 0.15) is 0 Å². The molecule has 0 radical (unpaired) electrons. The molecule has 1 heterocycles. The molecule has 0 spiro atoms. The molecular weight excluding hydrogens is 216 g/mol. The van der Waals surface area contributed by atoms with E-state index in [1.54, 1.807) is 0 Å². The highest BCUT2D eigenvalue weighted by molar-refractivity contribution is 4.73. The predicted molar refractivity (Wildman–Crippen MR) is 57.6 cm³/mol. The molecule has 16 heavy (non-hydrogen) atoms. The van der Waals surface area contributed by atoms with Crippen molar-refractivity contribution >= 4 is 0 Å². The van der Waals surface area contributed by atoms with E-state index in [4.69, 9.17) is 4.74 Å². The van der Waals surface area contributed by atoms with Crippen molar-refractivity contribution in [3.63, 3.8) is 0 Å². The Hall–Kier alpha value is -0.260. The van der Waals surface area contributed by atoms with Crippen LogP contribution in [0.3, 0.4) is 0 Å². The predicted octanol–water partition coefficient (Wildman–Crippen LogP) is 1.97. The van der Waals surface area contributed by atoms with Gasteiger partial charge in [0, 0.05) is 19.6 Å². The van der Waals surface area contributed by atoms with E-state index < -0.39 is 11.5 Å². The molecule has 0 atom stereocenters. The van der Waals surface area contributed by atoms with E-state index in [9.17, 15) is 8.78 Å². The highest BCUT2D eigenvalue weighted by atomic mass is 19.3. The van der Waals surface area contributed by atoms with E-state index in [1.807, 2.05) is 0 Å². The van der Waals surface area contributed by atoms with Gasteiger partial charge < -0.3 is 9.47 Å². The number of alkyl halides is 2. The van der Waals surface area contributed by atoms with E-state index in [2.05, 4.69) is 9.64 Å². The first-order chi connectivity index (χ1) is 7.33. The van der Waals surface area contributed by atoms with Crippen LogP contribution in [0.1, 0.15) is 20.8 Å². The van der Waals surface area contributed by atoms with Crippen LogP contribution in [0.2, 0.25) is 0 Å². The summed E-state index contributed by atoms with van der Waals surface area (Å²) in [6.45, 7) is 7.96. The molecule has 1 fully saturated rings. The van der Waals surface area contributed by atoms with Crippen molar-refractivity contribution in [3.05, 3.63) is 0 Å². The molecule has 5 heteroatoms. The van der Waals surface area contributed by atoms with Crippen molar-refractivity contribution < 1.29 is 18.3 Å². The summed E-state index contributed by atoms with van der Waals surface area (Å²) < 4.78 is 36.7. The zero-order chi connectivity index (χ0) is 12.2. The van der Waals surface area contributed by atoms with Gasteiger partial charge in [-0.15, -0.1) is 0 Å². The second-order valence-electron chi connectivity index (χ2n) is 5.07. The van der Waals surface area contributed by atoms with Crippen LogP contribution in [-0.4, -0.2) is 50.5 Å². The minimum Gasteiger partial charge on any atom is -0.379 e. The van der Waals surface area contributed by atoms with Crippen molar-refractivity contribution in [3.8, 4) is 0 Å². The molecule has 1 saturated heterocycles. The highest BCUT2D eigenvalue weighted by Crippen LogP contribution is 2.36. The Kier molecular flexibility index (Phi) is 4.64. The standard InChI is InChI=1S/C11H21F2NO2/c1-10(2,3)11(12,13)16-9-6-14-4-7-15-8-5-14/h4-9H2,1-3H3. The monoisotopic (exact) mass is 237 g/mol. The van der Waals surface area contributed by atoms with Crippen LogP contribution in [0, 0.1) is 5.41 Å². The Balaban J connectivity index is 2.23. The van der Waals surface area contributed by atoms with Gasteiger partial charge in [0.15, 0.2) is 0 Å². The molecular formula is C11H21F2NO2. The Morgan fingerprint density at radius 2 is 1.75 bits per heavy atom. The molecule has 1 aliphatic heterocycles. The van der Waals surface area contributed by atoms with E-state index in [1.165, 1.54) is 20.8 Å². The van der Waals surface area contributed by atoms with Crippen molar-refractivity contribution in [2.75, 3.05) is 39.5 Å². The Bertz CT molecular complexity index is 211. The molecule has 0 aromatic heterocycles. The molecule has 0 aromatic carbocycles. The largest absolute Gasteiger partial charge is 0.379 e. The first-order valence-electron chi connectivity index (χ1n) is 5.65. The normalized spacial score (nSPS) is 20.1. The lowest BCUT2D eigenvalue weighted by molar-refractivity contribution is -0.295. The first kappa shape index (κ1) is 13.8. The van der Waals surface area contributed by atoms with Gasteiger partial charge in [-0.1, -0.05) is 20.8 Å².